The summed E-state index contributed by atoms with van der Waals surface area (Å²) in [7, 11) is 0. The molecular formula is C14H21N3O2. The van der Waals surface area contributed by atoms with E-state index >= 15 is 0 Å². The molecular weight excluding hydrogens is 242 g/mol. The van der Waals surface area contributed by atoms with Gasteiger partial charge in [-0.3, -0.25) is 4.79 Å². The number of rotatable bonds is 3. The van der Waals surface area contributed by atoms with Gasteiger partial charge >= 0.3 is 0 Å². The summed E-state index contributed by atoms with van der Waals surface area (Å²) in [6.45, 7) is 4.68. The number of nitrogens with two attached hydrogens (primary N) is 1. The van der Waals surface area contributed by atoms with E-state index in [9.17, 15) is 9.90 Å². The summed E-state index contributed by atoms with van der Waals surface area (Å²) < 4.78 is 0. The zero-order valence-corrected chi connectivity index (χ0v) is 11.2. The highest BCUT2D eigenvalue weighted by Gasteiger charge is 2.22. The van der Waals surface area contributed by atoms with Crippen LogP contribution >= 0.6 is 0 Å². The molecule has 0 bridgehead atoms. The smallest absolute Gasteiger partial charge is 0.224 e. The third-order valence-electron chi connectivity index (χ3n) is 3.35. The zero-order chi connectivity index (χ0) is 13.8. The van der Waals surface area contributed by atoms with Gasteiger partial charge in [-0.05, 0) is 19.1 Å². The molecule has 19 heavy (non-hydrogen) atoms. The number of phenols is 1. The SMILES string of the molecule is CC(N)CC(=O)N1CCN(c2ccccc2O)CC1. The van der Waals surface area contributed by atoms with Crippen LogP contribution in [0.3, 0.4) is 0 Å². The van der Waals surface area contributed by atoms with Crippen LogP contribution < -0.4 is 10.6 Å². The van der Waals surface area contributed by atoms with Gasteiger partial charge in [0.1, 0.15) is 5.75 Å². The molecule has 1 aliphatic rings. The number of phenolic OH excluding ortho intramolecular Hbond substituents is 1. The van der Waals surface area contributed by atoms with E-state index < -0.39 is 0 Å². The summed E-state index contributed by atoms with van der Waals surface area (Å²) in [6.07, 6.45) is 0.399. The Balaban J connectivity index is 1.93. The molecule has 1 fully saturated rings. The van der Waals surface area contributed by atoms with Gasteiger partial charge < -0.3 is 20.6 Å². The fourth-order valence-electron chi connectivity index (χ4n) is 2.33. The summed E-state index contributed by atoms with van der Waals surface area (Å²) >= 11 is 0. The van der Waals surface area contributed by atoms with Gasteiger partial charge in [0.05, 0.1) is 5.69 Å². The Morgan fingerprint density at radius 2 is 1.95 bits per heavy atom. The van der Waals surface area contributed by atoms with E-state index in [2.05, 4.69) is 4.90 Å². The number of nitrogens with zero attached hydrogens (tertiary/aromatic N) is 2. The Morgan fingerprint density at radius 1 is 1.32 bits per heavy atom. The molecule has 1 unspecified atom stereocenters. The highest BCUT2D eigenvalue weighted by Crippen LogP contribution is 2.27. The van der Waals surface area contributed by atoms with Crippen LogP contribution in [0.15, 0.2) is 24.3 Å². The number of anilines is 1. The van der Waals surface area contributed by atoms with Gasteiger partial charge in [-0.15, -0.1) is 0 Å². The minimum Gasteiger partial charge on any atom is -0.506 e. The quantitative estimate of drug-likeness (QED) is 0.845. The molecule has 1 amide bonds. The Hall–Kier alpha value is -1.75. The Bertz CT molecular complexity index is 440. The topological polar surface area (TPSA) is 69.8 Å². The van der Waals surface area contributed by atoms with Crippen molar-refractivity contribution in [2.45, 2.75) is 19.4 Å². The predicted octanol–water partition coefficient (Wildman–Crippen LogP) is 0.778. The van der Waals surface area contributed by atoms with Gasteiger partial charge in [0, 0.05) is 38.6 Å². The fourth-order valence-corrected chi connectivity index (χ4v) is 2.33. The van der Waals surface area contributed by atoms with Crippen LogP contribution in [-0.2, 0) is 4.79 Å². The Morgan fingerprint density at radius 3 is 2.53 bits per heavy atom. The lowest BCUT2D eigenvalue weighted by atomic mass is 10.2. The number of hydrogen-bond donors (Lipinski definition) is 2. The molecule has 1 heterocycles. The standard InChI is InChI=1S/C14H21N3O2/c1-11(15)10-14(19)17-8-6-16(7-9-17)12-4-2-3-5-13(12)18/h2-5,11,18H,6-10,15H2,1H3. The molecule has 1 aromatic rings. The third-order valence-corrected chi connectivity index (χ3v) is 3.35. The molecule has 2 rings (SSSR count). The summed E-state index contributed by atoms with van der Waals surface area (Å²) in [4.78, 5) is 15.8. The van der Waals surface area contributed by atoms with Crippen molar-refractivity contribution in [3.8, 4) is 5.75 Å². The molecule has 5 heteroatoms. The van der Waals surface area contributed by atoms with Crippen LogP contribution in [-0.4, -0.2) is 48.1 Å². The lowest BCUT2D eigenvalue weighted by Gasteiger charge is -2.36. The normalized spacial score (nSPS) is 17.4. The lowest BCUT2D eigenvalue weighted by molar-refractivity contribution is -0.131. The first kappa shape index (κ1) is 13.7. The average molecular weight is 263 g/mol. The van der Waals surface area contributed by atoms with Crippen LogP contribution in [0, 0.1) is 0 Å². The molecule has 0 saturated carbocycles. The van der Waals surface area contributed by atoms with E-state index in [4.69, 9.17) is 5.73 Å². The summed E-state index contributed by atoms with van der Waals surface area (Å²) in [5, 5.41) is 9.82. The van der Waals surface area contributed by atoms with Crippen LogP contribution in [0.25, 0.3) is 0 Å². The number of piperazine rings is 1. The number of aromatic hydroxyl groups is 1. The Labute approximate surface area is 113 Å². The maximum atomic E-state index is 11.9. The largest absolute Gasteiger partial charge is 0.506 e. The molecule has 0 radical (unpaired) electrons. The molecule has 1 aromatic carbocycles. The predicted molar refractivity (Wildman–Crippen MR) is 75.2 cm³/mol. The molecule has 1 atom stereocenters. The maximum Gasteiger partial charge on any atom is 0.224 e. The number of hydrogen-bond acceptors (Lipinski definition) is 4. The highest BCUT2D eigenvalue weighted by atomic mass is 16.3. The van der Waals surface area contributed by atoms with E-state index in [0.29, 0.717) is 19.5 Å². The number of benzene rings is 1. The van der Waals surface area contributed by atoms with Gasteiger partial charge in [0.2, 0.25) is 5.91 Å². The van der Waals surface area contributed by atoms with Gasteiger partial charge in [0.25, 0.3) is 0 Å². The second-order valence-corrected chi connectivity index (χ2v) is 5.04. The van der Waals surface area contributed by atoms with Crippen molar-refractivity contribution < 1.29 is 9.90 Å². The van der Waals surface area contributed by atoms with E-state index in [0.717, 1.165) is 18.8 Å². The van der Waals surface area contributed by atoms with Crippen LogP contribution in [0.4, 0.5) is 5.69 Å². The minimum absolute atomic E-state index is 0.0938. The van der Waals surface area contributed by atoms with Gasteiger partial charge in [-0.2, -0.15) is 0 Å². The lowest BCUT2D eigenvalue weighted by Crippen LogP contribution is -2.49. The molecule has 0 spiro atoms. The summed E-state index contributed by atoms with van der Waals surface area (Å²) in [5.74, 6) is 0.407. The zero-order valence-electron chi connectivity index (χ0n) is 11.2. The van der Waals surface area contributed by atoms with Crippen molar-refractivity contribution >= 4 is 11.6 Å². The van der Waals surface area contributed by atoms with Crippen molar-refractivity contribution in [2.75, 3.05) is 31.1 Å². The van der Waals surface area contributed by atoms with E-state index in [1.54, 1.807) is 12.1 Å². The molecule has 1 saturated heterocycles. The number of carbonyl (C=O) groups is 1. The minimum atomic E-state index is -0.0938. The fraction of sp³-hybridized carbons (Fsp3) is 0.500. The van der Waals surface area contributed by atoms with E-state index in [1.165, 1.54) is 0 Å². The van der Waals surface area contributed by atoms with Crippen molar-refractivity contribution in [2.24, 2.45) is 5.73 Å². The molecule has 0 aromatic heterocycles. The van der Waals surface area contributed by atoms with E-state index in [1.807, 2.05) is 24.0 Å². The highest BCUT2D eigenvalue weighted by molar-refractivity contribution is 5.77. The summed E-state index contributed by atoms with van der Waals surface area (Å²) in [6, 6.07) is 7.20. The van der Waals surface area contributed by atoms with Crippen molar-refractivity contribution in [1.82, 2.24) is 4.90 Å². The van der Waals surface area contributed by atoms with Crippen LogP contribution in [0.2, 0.25) is 0 Å². The maximum absolute atomic E-state index is 11.9. The average Bonchev–Trinajstić information content (AvgIpc) is 2.39. The molecule has 5 nitrogen and oxygen atoms in total. The van der Waals surface area contributed by atoms with Crippen LogP contribution in [0.5, 0.6) is 5.75 Å². The molecule has 1 aliphatic heterocycles. The first-order valence-electron chi connectivity index (χ1n) is 6.64. The monoisotopic (exact) mass is 263 g/mol. The van der Waals surface area contributed by atoms with Crippen LogP contribution in [0.1, 0.15) is 13.3 Å². The summed E-state index contributed by atoms with van der Waals surface area (Å²) in [5.41, 5.74) is 6.48. The number of amides is 1. The van der Waals surface area contributed by atoms with Gasteiger partial charge in [0.15, 0.2) is 0 Å². The van der Waals surface area contributed by atoms with Crippen molar-refractivity contribution in [3.05, 3.63) is 24.3 Å². The number of para-hydroxylation sites is 2. The number of carbonyl (C=O) groups excluding carboxylic acids is 1. The van der Waals surface area contributed by atoms with Gasteiger partial charge in [-0.25, -0.2) is 0 Å². The second kappa shape index (κ2) is 5.93. The van der Waals surface area contributed by atoms with Gasteiger partial charge in [-0.1, -0.05) is 12.1 Å². The first-order valence-corrected chi connectivity index (χ1v) is 6.64. The van der Waals surface area contributed by atoms with E-state index in [-0.39, 0.29) is 17.7 Å². The van der Waals surface area contributed by atoms with Crippen molar-refractivity contribution in [3.63, 3.8) is 0 Å². The first-order chi connectivity index (χ1) is 9.08. The Kier molecular flexibility index (Phi) is 4.27. The molecule has 104 valence electrons. The second-order valence-electron chi connectivity index (χ2n) is 5.04. The third kappa shape index (κ3) is 3.38. The molecule has 3 N–H and O–H groups in total. The molecule has 0 aliphatic carbocycles. The van der Waals surface area contributed by atoms with Crippen molar-refractivity contribution in [1.29, 1.82) is 0 Å².